The average Bonchev–Trinajstić information content (AvgIpc) is 3.80. The maximum atomic E-state index is 6.64. The van der Waals surface area contributed by atoms with Gasteiger partial charge in [0, 0.05) is 28.2 Å². The summed E-state index contributed by atoms with van der Waals surface area (Å²) in [6, 6.07) is 72.0. The number of fused-ring (bicyclic) bond motifs is 12. The summed E-state index contributed by atoms with van der Waals surface area (Å²) in [6.07, 6.45) is 0. The van der Waals surface area contributed by atoms with Gasteiger partial charge in [-0.25, -0.2) is 0 Å². The van der Waals surface area contributed by atoms with Crippen molar-refractivity contribution < 1.29 is 4.74 Å². The van der Waals surface area contributed by atoms with Crippen molar-refractivity contribution in [3.05, 3.63) is 239 Å². The highest BCUT2D eigenvalue weighted by molar-refractivity contribution is 6.69. The van der Waals surface area contributed by atoms with Gasteiger partial charge in [0.1, 0.15) is 50.7 Å². The molecule has 0 fully saturated rings. The Morgan fingerprint density at radius 2 is 0.714 bits per heavy atom. The van der Waals surface area contributed by atoms with E-state index in [1.54, 1.807) is 0 Å². The number of benzene rings is 9. The van der Waals surface area contributed by atoms with Gasteiger partial charge in [-0.05, 0) is 92.0 Å². The van der Waals surface area contributed by atoms with Crippen LogP contribution in [0.25, 0.3) is 22.3 Å². The number of nitrogens with zero attached hydrogens (tertiary/aromatic N) is 1. The van der Waals surface area contributed by atoms with Crippen LogP contribution in [-0.4, -0.2) is 39.2 Å². The monoisotopic (exact) mass is 799 g/mol. The highest BCUT2D eigenvalue weighted by Gasteiger charge is 2.51. The van der Waals surface area contributed by atoms with Gasteiger partial charge in [0.25, 0.3) is 0 Å². The molecule has 12 rings (SSSR count). The van der Waals surface area contributed by atoms with Gasteiger partial charge < -0.3 is 9.64 Å². The van der Waals surface area contributed by atoms with Crippen LogP contribution in [0, 0.1) is 0 Å². The molecule has 2 nitrogen and oxygen atoms in total. The molecule has 0 atom stereocenters. The van der Waals surface area contributed by atoms with Gasteiger partial charge in [-0.2, -0.15) is 0 Å². The Hall–Kier alpha value is -7.10. The van der Waals surface area contributed by atoms with Crippen LogP contribution in [0.5, 0.6) is 11.5 Å². The molecule has 1 spiro atoms. The van der Waals surface area contributed by atoms with Crippen LogP contribution in [0.1, 0.15) is 44.5 Å². The zero-order chi connectivity index (χ0) is 42.6. The van der Waals surface area contributed by atoms with Gasteiger partial charge in [0.15, 0.2) is 0 Å². The van der Waals surface area contributed by atoms with Gasteiger partial charge in [-0.15, -0.1) is 5.46 Å². The second-order valence-electron chi connectivity index (χ2n) is 17.7. The van der Waals surface area contributed by atoms with Gasteiger partial charge in [-0.1, -0.05) is 180 Å². The number of hydrogen-bond acceptors (Lipinski definition) is 2. The van der Waals surface area contributed by atoms with Gasteiger partial charge >= 0.3 is 0 Å². The summed E-state index contributed by atoms with van der Waals surface area (Å²) in [5, 5.41) is 0. The topological polar surface area (TPSA) is 12.5 Å². The fourth-order valence-electron chi connectivity index (χ4n) is 11.8. The fraction of sp³-hybridized carbons (Fsp3) is 0.0357. The largest absolute Gasteiger partial charge is 0.457 e. The maximum absolute atomic E-state index is 6.64. The third kappa shape index (κ3) is 5.02. The lowest BCUT2D eigenvalue weighted by atomic mass is 9.61. The average molecular weight is 799 g/mol. The van der Waals surface area contributed by atoms with Crippen molar-refractivity contribution in [3.63, 3.8) is 0 Å². The third-order valence-electron chi connectivity index (χ3n) is 15.0. The van der Waals surface area contributed by atoms with E-state index in [-0.39, 0.29) is 0 Å². The van der Waals surface area contributed by atoms with E-state index in [9.17, 15) is 0 Å². The zero-order valence-electron chi connectivity index (χ0n) is 36.3. The number of ether oxygens (including phenoxy) is 1. The zero-order valence-corrected chi connectivity index (χ0v) is 36.3. The predicted octanol–water partition coefficient (Wildman–Crippen LogP) is 5.28. The van der Waals surface area contributed by atoms with Crippen molar-refractivity contribution in [2.24, 2.45) is 0 Å². The van der Waals surface area contributed by atoms with E-state index < -0.39 is 10.8 Å². The first-order valence-electron chi connectivity index (χ1n) is 22.2. The smallest absolute Gasteiger partial charge is 0.141 e. The van der Waals surface area contributed by atoms with Crippen molar-refractivity contribution in [1.82, 2.24) is 0 Å². The molecule has 3 aliphatic rings. The first kappa shape index (κ1) is 37.6. The van der Waals surface area contributed by atoms with E-state index in [4.69, 9.17) is 4.74 Å². The van der Waals surface area contributed by atoms with Crippen molar-refractivity contribution in [2.45, 2.75) is 10.8 Å². The van der Waals surface area contributed by atoms with E-state index >= 15 is 0 Å². The molecule has 1 aliphatic heterocycles. The molecule has 0 bridgehead atoms. The number of rotatable bonds is 5. The predicted molar refractivity (Wildman–Crippen MR) is 277 cm³/mol. The Kier molecular flexibility index (Phi) is 8.34. The minimum absolute atomic E-state index is 0.470. The molecule has 0 unspecified atom stereocenters. The molecule has 2 aliphatic carbocycles. The summed E-state index contributed by atoms with van der Waals surface area (Å²) in [7, 11) is 11.4. The van der Waals surface area contributed by atoms with Crippen molar-refractivity contribution >= 4 is 83.6 Å². The van der Waals surface area contributed by atoms with Gasteiger partial charge in [-0.3, -0.25) is 0 Å². The van der Waals surface area contributed by atoms with Crippen LogP contribution in [0.3, 0.4) is 0 Å². The Morgan fingerprint density at radius 1 is 0.317 bits per heavy atom. The number of anilines is 3. The highest BCUT2D eigenvalue weighted by Crippen LogP contribution is 2.63. The van der Waals surface area contributed by atoms with E-state index in [2.05, 4.69) is 238 Å². The lowest BCUT2D eigenvalue weighted by Gasteiger charge is -2.39. The Morgan fingerprint density at radius 3 is 1.27 bits per heavy atom. The van der Waals surface area contributed by atoms with Crippen molar-refractivity contribution in [3.8, 4) is 33.8 Å². The van der Waals surface area contributed by atoms with Crippen molar-refractivity contribution in [2.75, 3.05) is 4.90 Å². The van der Waals surface area contributed by atoms with E-state index in [1.807, 2.05) is 0 Å². The molecule has 9 aromatic rings. The summed E-state index contributed by atoms with van der Waals surface area (Å²) in [5.41, 5.74) is 24.3. The molecule has 0 radical (unpaired) electrons. The van der Waals surface area contributed by atoms with E-state index in [0.29, 0.717) is 0 Å². The normalized spacial score (nSPS) is 14.1. The number of para-hydroxylation sites is 2. The quantitative estimate of drug-likeness (QED) is 0.220. The first-order chi connectivity index (χ1) is 30.8. The van der Waals surface area contributed by atoms with Gasteiger partial charge in [0.2, 0.25) is 0 Å². The molecule has 0 amide bonds. The number of hydrogen-bond donors (Lipinski definition) is 0. The van der Waals surface area contributed by atoms with Crippen LogP contribution in [0.2, 0.25) is 0 Å². The van der Waals surface area contributed by atoms with Crippen molar-refractivity contribution in [1.29, 1.82) is 0 Å². The second kappa shape index (κ2) is 14.0. The van der Waals surface area contributed by atoms with E-state index in [0.717, 1.165) is 22.9 Å². The molecule has 292 valence electrons. The lowest BCUT2D eigenvalue weighted by Crippen LogP contribution is -2.56. The lowest BCUT2D eigenvalue weighted by molar-refractivity contribution is 0.436. The Bertz CT molecular complexity index is 3220. The summed E-state index contributed by atoms with van der Waals surface area (Å²) in [4.78, 5) is 2.53. The molecule has 9 aromatic carbocycles. The first-order valence-corrected chi connectivity index (χ1v) is 22.2. The maximum Gasteiger partial charge on any atom is 0.141 e. The summed E-state index contributed by atoms with van der Waals surface area (Å²) in [5.74, 6) is 1.81. The van der Waals surface area contributed by atoms with Gasteiger partial charge in [0.05, 0.1) is 10.8 Å². The van der Waals surface area contributed by atoms with Crippen LogP contribution in [-0.2, 0) is 10.8 Å². The molecule has 7 heteroatoms. The molecular weight excluding hydrogens is 757 g/mol. The minimum Gasteiger partial charge on any atom is -0.457 e. The molecule has 0 N–H and O–H groups in total. The molecular formula is C56H42B5NO. The van der Waals surface area contributed by atoms with E-state index in [1.165, 1.54) is 99.8 Å². The Labute approximate surface area is 374 Å². The summed E-state index contributed by atoms with van der Waals surface area (Å²) >= 11 is 0. The van der Waals surface area contributed by atoms with Crippen LogP contribution < -0.4 is 37.0 Å². The molecule has 1 heterocycles. The van der Waals surface area contributed by atoms with Crippen LogP contribution in [0.15, 0.2) is 194 Å². The Balaban J connectivity index is 1.10. The molecule has 0 aromatic heterocycles. The molecule has 0 saturated carbocycles. The summed E-state index contributed by atoms with van der Waals surface area (Å²) < 4.78 is 6.64. The second-order valence-corrected chi connectivity index (χ2v) is 17.7. The van der Waals surface area contributed by atoms with Crippen LogP contribution in [0.4, 0.5) is 17.1 Å². The fourth-order valence-corrected chi connectivity index (χ4v) is 11.8. The van der Waals surface area contributed by atoms with Crippen LogP contribution >= 0.6 is 0 Å². The standard InChI is InChI=1S/C56H42B5NO/c57-49-50(58)52(60)54(53(61)51(49)59)62(35-28-26-34(27-29-35)55(33-14-2-1-3-15-33)41-19-7-4-16-37(41)38-17-5-8-20-42(38)55)36-30-31-44-40(32-36)39-18-6-9-21-43(39)56(44)45-22-10-12-24-47(45)63-48-25-13-11-23-46(48)56/h1-32H,57-61H2. The molecule has 0 saturated heterocycles. The third-order valence-corrected chi connectivity index (χ3v) is 15.0. The minimum atomic E-state index is -0.523. The molecule has 63 heavy (non-hydrogen) atoms. The summed E-state index contributed by atoms with van der Waals surface area (Å²) in [6.45, 7) is 0. The SMILES string of the molecule is Bc1c(B)c(B)c(N(c2ccc(C3(c4ccccc4)c4ccccc4-c4ccccc43)cc2)c2ccc3c(c2)-c2ccccc2C32c3ccccc3Oc3ccccc32)c(B)c1B. The highest BCUT2D eigenvalue weighted by atomic mass is 16.5.